The standard InChI is InChI=1S/C13H20FN3O2S/c1-16-9-10-4-2-3-7-17(10)13-6-5-11(8-12(13)14)20(15,18)19/h5-6,8,10,16H,2-4,7,9H2,1H3,(H2,15,18,19). The lowest BCUT2D eigenvalue weighted by molar-refractivity contribution is 0.440. The van der Waals surface area contributed by atoms with Crippen LogP contribution in [0.4, 0.5) is 10.1 Å². The maximum Gasteiger partial charge on any atom is 0.238 e. The highest BCUT2D eigenvalue weighted by molar-refractivity contribution is 7.89. The van der Waals surface area contributed by atoms with Crippen LogP contribution in [0.3, 0.4) is 0 Å². The molecule has 112 valence electrons. The average molecular weight is 301 g/mol. The lowest BCUT2D eigenvalue weighted by Gasteiger charge is -2.37. The molecule has 2 rings (SSSR count). The molecule has 0 radical (unpaired) electrons. The van der Waals surface area contributed by atoms with Gasteiger partial charge in [0, 0.05) is 19.1 Å². The summed E-state index contributed by atoms with van der Waals surface area (Å²) in [5, 5.41) is 8.12. The molecule has 1 aliphatic rings. The molecule has 1 atom stereocenters. The second-order valence-electron chi connectivity index (χ2n) is 5.06. The number of hydrogen-bond donors (Lipinski definition) is 2. The van der Waals surface area contributed by atoms with Crippen molar-refractivity contribution in [3.05, 3.63) is 24.0 Å². The second kappa shape index (κ2) is 6.07. The summed E-state index contributed by atoms with van der Waals surface area (Å²) < 4.78 is 36.7. The highest BCUT2D eigenvalue weighted by Crippen LogP contribution is 2.28. The normalized spacial score (nSPS) is 20.1. The number of anilines is 1. The van der Waals surface area contributed by atoms with Crippen molar-refractivity contribution in [1.82, 2.24) is 5.32 Å². The molecule has 1 heterocycles. The predicted octanol–water partition coefficient (Wildman–Crippen LogP) is 1.05. The summed E-state index contributed by atoms with van der Waals surface area (Å²) in [5.74, 6) is -0.542. The van der Waals surface area contributed by atoms with E-state index in [2.05, 4.69) is 5.32 Å². The largest absolute Gasteiger partial charge is 0.365 e. The average Bonchev–Trinajstić information content (AvgIpc) is 2.39. The minimum Gasteiger partial charge on any atom is -0.365 e. The monoisotopic (exact) mass is 301 g/mol. The van der Waals surface area contributed by atoms with Crippen molar-refractivity contribution in [3.63, 3.8) is 0 Å². The summed E-state index contributed by atoms with van der Waals surface area (Å²) >= 11 is 0. The number of nitrogens with zero attached hydrogens (tertiary/aromatic N) is 1. The van der Waals surface area contributed by atoms with Crippen LogP contribution in [0.25, 0.3) is 0 Å². The Morgan fingerprint density at radius 3 is 2.80 bits per heavy atom. The van der Waals surface area contributed by atoms with Crippen molar-refractivity contribution in [2.24, 2.45) is 5.14 Å². The molecule has 1 aliphatic heterocycles. The molecule has 7 heteroatoms. The molecule has 20 heavy (non-hydrogen) atoms. The Kier molecular flexibility index (Phi) is 4.62. The van der Waals surface area contributed by atoms with E-state index < -0.39 is 15.8 Å². The number of hydrogen-bond acceptors (Lipinski definition) is 4. The minimum absolute atomic E-state index is 0.194. The van der Waals surface area contributed by atoms with E-state index in [0.717, 1.165) is 38.4 Å². The molecule has 1 unspecified atom stereocenters. The van der Waals surface area contributed by atoms with E-state index in [1.54, 1.807) is 0 Å². The van der Waals surface area contributed by atoms with Gasteiger partial charge < -0.3 is 10.2 Å². The molecule has 1 saturated heterocycles. The number of piperidine rings is 1. The van der Waals surface area contributed by atoms with E-state index in [-0.39, 0.29) is 10.9 Å². The number of nitrogens with one attached hydrogen (secondary N) is 1. The van der Waals surface area contributed by atoms with Gasteiger partial charge >= 0.3 is 0 Å². The number of sulfonamides is 1. The van der Waals surface area contributed by atoms with Crippen molar-refractivity contribution in [2.75, 3.05) is 25.0 Å². The van der Waals surface area contributed by atoms with Gasteiger partial charge in [0.15, 0.2) is 0 Å². The zero-order valence-corrected chi connectivity index (χ0v) is 12.3. The summed E-state index contributed by atoms with van der Waals surface area (Å²) in [7, 11) is -2.00. The first kappa shape index (κ1) is 15.2. The minimum atomic E-state index is -3.87. The number of likely N-dealkylation sites (N-methyl/N-ethyl adjacent to an activating group) is 1. The van der Waals surface area contributed by atoms with Gasteiger partial charge in [0.1, 0.15) is 5.82 Å². The van der Waals surface area contributed by atoms with Gasteiger partial charge in [0.2, 0.25) is 10.0 Å². The Labute approximate surface area is 119 Å². The lowest BCUT2D eigenvalue weighted by atomic mass is 10.0. The van der Waals surface area contributed by atoms with Crippen LogP contribution in [0, 0.1) is 5.82 Å². The molecular weight excluding hydrogens is 281 g/mol. The molecule has 0 bridgehead atoms. The Hall–Kier alpha value is -1.18. The van der Waals surface area contributed by atoms with Crippen molar-refractivity contribution in [3.8, 4) is 0 Å². The highest BCUT2D eigenvalue weighted by Gasteiger charge is 2.25. The topological polar surface area (TPSA) is 75.4 Å². The van der Waals surface area contributed by atoms with Gasteiger partial charge in [-0.15, -0.1) is 0 Å². The van der Waals surface area contributed by atoms with E-state index in [1.165, 1.54) is 12.1 Å². The maximum atomic E-state index is 14.2. The molecule has 3 N–H and O–H groups in total. The SMILES string of the molecule is CNCC1CCCCN1c1ccc(S(N)(=O)=O)cc1F. The number of primary sulfonamides is 1. The maximum absolute atomic E-state index is 14.2. The van der Waals surface area contributed by atoms with E-state index >= 15 is 0 Å². The third kappa shape index (κ3) is 3.28. The van der Waals surface area contributed by atoms with Crippen LogP contribution in [-0.4, -0.2) is 34.6 Å². The second-order valence-corrected chi connectivity index (χ2v) is 6.62. The van der Waals surface area contributed by atoms with Crippen LogP contribution in [0.2, 0.25) is 0 Å². The fraction of sp³-hybridized carbons (Fsp3) is 0.538. The zero-order chi connectivity index (χ0) is 14.8. The first-order valence-corrected chi connectivity index (χ1v) is 8.21. The van der Waals surface area contributed by atoms with Crippen LogP contribution in [0.5, 0.6) is 0 Å². The number of rotatable bonds is 4. The number of nitrogens with two attached hydrogens (primary N) is 1. The van der Waals surface area contributed by atoms with Gasteiger partial charge in [0.05, 0.1) is 10.6 Å². The van der Waals surface area contributed by atoms with Crippen LogP contribution < -0.4 is 15.4 Å². The Bertz CT molecular complexity index is 575. The van der Waals surface area contributed by atoms with Gasteiger partial charge in [-0.05, 0) is 44.5 Å². The van der Waals surface area contributed by atoms with Crippen molar-refractivity contribution in [1.29, 1.82) is 0 Å². The van der Waals surface area contributed by atoms with Crippen LogP contribution in [-0.2, 0) is 10.0 Å². The van der Waals surface area contributed by atoms with Crippen molar-refractivity contribution < 1.29 is 12.8 Å². The fourth-order valence-electron chi connectivity index (χ4n) is 2.66. The van der Waals surface area contributed by atoms with Crippen molar-refractivity contribution >= 4 is 15.7 Å². The van der Waals surface area contributed by atoms with E-state index in [4.69, 9.17) is 5.14 Å². The Morgan fingerprint density at radius 1 is 1.45 bits per heavy atom. The molecule has 1 aromatic carbocycles. The lowest BCUT2D eigenvalue weighted by Crippen LogP contribution is -2.45. The van der Waals surface area contributed by atoms with Crippen LogP contribution in [0.15, 0.2) is 23.1 Å². The third-order valence-corrected chi connectivity index (χ3v) is 4.53. The molecule has 5 nitrogen and oxygen atoms in total. The highest BCUT2D eigenvalue weighted by atomic mass is 32.2. The molecule has 0 aliphatic carbocycles. The molecule has 1 aromatic rings. The van der Waals surface area contributed by atoms with Crippen molar-refractivity contribution in [2.45, 2.75) is 30.2 Å². The summed E-state index contributed by atoms with van der Waals surface area (Å²) in [4.78, 5) is 1.81. The fourth-order valence-corrected chi connectivity index (χ4v) is 3.19. The molecule has 0 aromatic heterocycles. The molecule has 0 amide bonds. The Morgan fingerprint density at radius 2 is 2.20 bits per heavy atom. The smallest absolute Gasteiger partial charge is 0.238 e. The molecule has 0 saturated carbocycles. The number of halogens is 1. The van der Waals surface area contributed by atoms with Gasteiger partial charge in [-0.2, -0.15) is 0 Å². The number of benzene rings is 1. The van der Waals surface area contributed by atoms with Gasteiger partial charge in [-0.25, -0.2) is 17.9 Å². The predicted molar refractivity (Wildman–Crippen MR) is 76.7 cm³/mol. The molecular formula is C13H20FN3O2S. The zero-order valence-electron chi connectivity index (χ0n) is 11.5. The summed E-state index contributed by atoms with van der Waals surface area (Å²) in [6.07, 6.45) is 3.13. The van der Waals surface area contributed by atoms with E-state index in [0.29, 0.717) is 5.69 Å². The summed E-state index contributed by atoms with van der Waals surface area (Å²) in [6.45, 7) is 1.55. The third-order valence-electron chi connectivity index (χ3n) is 3.62. The molecule has 1 fully saturated rings. The van der Waals surface area contributed by atoms with E-state index in [9.17, 15) is 12.8 Å². The van der Waals surface area contributed by atoms with Gasteiger partial charge in [0.25, 0.3) is 0 Å². The quantitative estimate of drug-likeness (QED) is 0.871. The van der Waals surface area contributed by atoms with Gasteiger partial charge in [-0.3, -0.25) is 0 Å². The Balaban J connectivity index is 2.31. The first-order valence-electron chi connectivity index (χ1n) is 6.67. The van der Waals surface area contributed by atoms with Gasteiger partial charge in [-0.1, -0.05) is 0 Å². The summed E-state index contributed by atoms with van der Waals surface area (Å²) in [5.41, 5.74) is 0.442. The first-order chi connectivity index (χ1) is 9.43. The van der Waals surface area contributed by atoms with E-state index in [1.807, 2.05) is 11.9 Å². The van der Waals surface area contributed by atoms with Crippen LogP contribution in [0.1, 0.15) is 19.3 Å². The summed E-state index contributed by atoms with van der Waals surface area (Å²) in [6, 6.07) is 4.08. The molecule has 0 spiro atoms. The van der Waals surface area contributed by atoms with Crippen LogP contribution >= 0.6 is 0 Å².